The zero-order valence-electron chi connectivity index (χ0n) is 32.8. The zero-order chi connectivity index (χ0) is 39.3. The second-order valence-corrected chi connectivity index (χ2v) is 21.5. The number of likely N-dealkylation sites (tertiary alicyclic amines) is 1. The molecule has 0 radical (unpaired) electrons. The van der Waals surface area contributed by atoms with Crippen molar-refractivity contribution >= 4 is 48.2 Å². The molecule has 2 aliphatic carbocycles. The average molecular weight is 785 g/mol. The van der Waals surface area contributed by atoms with Gasteiger partial charge in [0.25, 0.3) is 8.32 Å². The van der Waals surface area contributed by atoms with Gasteiger partial charge in [0.1, 0.15) is 5.75 Å². The normalized spacial score (nSPS) is 22.0. The number of hydrogen-bond donors (Lipinski definition) is 3. The summed E-state index contributed by atoms with van der Waals surface area (Å²) in [5.74, 6) is -2.28. The third-order valence-electron chi connectivity index (χ3n) is 12.2. The number of phenols is 1. The van der Waals surface area contributed by atoms with Crippen molar-refractivity contribution in [3.05, 3.63) is 106 Å². The smallest absolute Gasteiger partial charge is 0.261 e. The maximum atomic E-state index is 14.3. The van der Waals surface area contributed by atoms with Gasteiger partial charge >= 0.3 is 0 Å². The van der Waals surface area contributed by atoms with Crippen molar-refractivity contribution < 1.29 is 29.3 Å². The number of hydrogen-bond acceptors (Lipinski definition) is 6. The largest absolute Gasteiger partial charge is 0.508 e. The van der Waals surface area contributed by atoms with Gasteiger partial charge in [0, 0.05) is 12.0 Å². The number of allylic oxidation sites excluding steroid dienone is 1. The summed E-state index contributed by atoms with van der Waals surface area (Å²) in [5.41, 5.74) is 3.36. The first kappa shape index (κ1) is 41.1. The average Bonchev–Trinajstić information content (AvgIpc) is 3.43. The Hall–Kier alpha value is -3.53. The molecule has 1 saturated carbocycles. The van der Waals surface area contributed by atoms with Gasteiger partial charge in [0.15, 0.2) is 0 Å². The van der Waals surface area contributed by atoms with Crippen LogP contribution in [0.4, 0.5) is 0 Å². The van der Waals surface area contributed by atoms with Gasteiger partial charge in [-0.2, -0.15) is 0 Å². The van der Waals surface area contributed by atoms with Gasteiger partial charge in [-0.3, -0.25) is 14.5 Å². The molecule has 6 rings (SSSR count). The summed E-state index contributed by atoms with van der Waals surface area (Å²) in [7, 11) is -3.01. The number of aliphatic hydroxyl groups is 2. The number of benzene rings is 3. The number of carbonyl (C=O) groups is 2. The lowest BCUT2D eigenvalue weighted by atomic mass is 9.68. The highest BCUT2D eigenvalue weighted by Gasteiger charge is 2.57. The molecule has 9 heteroatoms. The molecule has 4 atom stereocenters. The first-order valence-corrected chi connectivity index (χ1v) is 22.5. The Balaban J connectivity index is 1.41. The van der Waals surface area contributed by atoms with E-state index in [1.807, 2.05) is 42.5 Å². The van der Waals surface area contributed by atoms with E-state index in [0.29, 0.717) is 29.9 Å². The molecular weight excluding hydrogens is 726 g/mol. The summed E-state index contributed by atoms with van der Waals surface area (Å²) >= 11 is 6.49. The van der Waals surface area contributed by atoms with Gasteiger partial charge < -0.3 is 19.7 Å². The van der Waals surface area contributed by atoms with Gasteiger partial charge in [-0.25, -0.2) is 0 Å². The Labute approximate surface area is 333 Å². The molecule has 0 aromatic heterocycles. The number of carbonyl (C=O) groups excluding carboxylic acids is 2. The topological polar surface area (TPSA) is 107 Å². The van der Waals surface area contributed by atoms with Crippen LogP contribution < -0.4 is 10.4 Å². The number of imide groups is 1. The maximum Gasteiger partial charge on any atom is 0.261 e. The number of aliphatic hydroxyl groups excluding tert-OH is 2. The molecule has 0 spiro atoms. The summed E-state index contributed by atoms with van der Waals surface area (Å²) in [6.07, 6.45) is 8.68. The molecule has 3 N–H and O–H groups in total. The lowest BCUT2D eigenvalue weighted by Gasteiger charge is -2.44. The number of aromatic hydroxyl groups is 1. The number of fused-ring (bicyclic) bond motifs is 1. The van der Waals surface area contributed by atoms with Crippen LogP contribution in [0.3, 0.4) is 0 Å². The van der Waals surface area contributed by atoms with Crippen LogP contribution in [0.15, 0.2) is 95.6 Å². The van der Waals surface area contributed by atoms with E-state index in [4.69, 9.17) is 16.0 Å². The zero-order valence-corrected chi connectivity index (χ0v) is 34.6. The molecule has 294 valence electrons. The Morgan fingerprint density at radius 3 is 2.15 bits per heavy atom. The van der Waals surface area contributed by atoms with Crippen molar-refractivity contribution in [2.45, 2.75) is 109 Å². The fraction of sp³-hybridized carbons (Fsp3) is 0.478. The molecule has 55 heavy (non-hydrogen) atoms. The minimum atomic E-state index is -3.01. The monoisotopic (exact) mass is 783 g/mol. The number of amides is 2. The SMILES string of the molecule is CCC/C(=C\c1ccc(O)cc1Cl)CC[C@@H](O)C1=C(CO[Si](c2ccccc2)(c2ccccc2)C(C)(C)C)C[C@H]2C(=O)N(C3CCCCC3)C(=O)[C@H]2[C@H]1CO. The van der Waals surface area contributed by atoms with E-state index in [1.54, 1.807) is 12.1 Å². The fourth-order valence-corrected chi connectivity index (χ4v) is 14.5. The number of rotatable bonds is 14. The van der Waals surface area contributed by atoms with E-state index in [2.05, 4.69) is 52.0 Å². The van der Waals surface area contributed by atoms with Crippen molar-refractivity contribution in [2.75, 3.05) is 13.2 Å². The molecular formula is C46H58ClNO6Si. The van der Waals surface area contributed by atoms with Gasteiger partial charge in [0.05, 0.1) is 36.2 Å². The van der Waals surface area contributed by atoms with Crippen LogP contribution in [0.25, 0.3) is 6.08 Å². The maximum absolute atomic E-state index is 14.3. The first-order valence-electron chi connectivity index (χ1n) is 20.2. The second-order valence-electron chi connectivity index (χ2n) is 16.8. The first-order chi connectivity index (χ1) is 26.4. The van der Waals surface area contributed by atoms with Crippen molar-refractivity contribution in [1.29, 1.82) is 0 Å². The summed E-state index contributed by atoms with van der Waals surface area (Å²) in [5, 5.41) is 35.8. The van der Waals surface area contributed by atoms with Crippen LogP contribution in [-0.2, 0) is 14.0 Å². The van der Waals surface area contributed by atoms with E-state index in [9.17, 15) is 24.9 Å². The van der Waals surface area contributed by atoms with Gasteiger partial charge in [-0.05, 0) is 88.8 Å². The van der Waals surface area contributed by atoms with Crippen molar-refractivity contribution in [2.24, 2.45) is 17.8 Å². The molecule has 1 saturated heterocycles. The summed E-state index contributed by atoms with van der Waals surface area (Å²) < 4.78 is 7.43. The number of nitrogens with zero attached hydrogens (tertiary/aromatic N) is 1. The van der Waals surface area contributed by atoms with Crippen LogP contribution in [-0.4, -0.2) is 65.7 Å². The summed E-state index contributed by atoms with van der Waals surface area (Å²) in [6, 6.07) is 25.6. The van der Waals surface area contributed by atoms with Crippen LogP contribution in [0.1, 0.15) is 97.5 Å². The van der Waals surface area contributed by atoms with Crippen molar-refractivity contribution in [1.82, 2.24) is 4.90 Å². The summed E-state index contributed by atoms with van der Waals surface area (Å²) in [4.78, 5) is 30.2. The lowest BCUT2D eigenvalue weighted by molar-refractivity contribution is -0.143. The van der Waals surface area contributed by atoms with Crippen molar-refractivity contribution in [3.63, 3.8) is 0 Å². The predicted octanol–water partition coefficient (Wildman–Crippen LogP) is 8.19. The molecule has 0 unspecified atom stereocenters. The molecule has 0 bridgehead atoms. The third kappa shape index (κ3) is 8.45. The Kier molecular flexibility index (Phi) is 13.2. The molecule has 7 nitrogen and oxygen atoms in total. The van der Waals surface area contributed by atoms with Gasteiger partial charge in [-0.15, -0.1) is 0 Å². The molecule has 2 fully saturated rings. The minimum Gasteiger partial charge on any atom is -0.508 e. The highest BCUT2D eigenvalue weighted by Crippen LogP contribution is 2.48. The van der Waals surface area contributed by atoms with Crippen molar-refractivity contribution in [3.8, 4) is 5.75 Å². The molecule has 3 aromatic rings. The highest BCUT2D eigenvalue weighted by molar-refractivity contribution is 6.99. The molecule has 3 aromatic carbocycles. The third-order valence-corrected chi connectivity index (χ3v) is 17.6. The number of phenolic OH excluding ortho intramolecular Hbond substituents is 1. The Bertz CT molecular complexity index is 1830. The molecule has 2 amide bonds. The quantitative estimate of drug-likeness (QED) is 0.0866. The summed E-state index contributed by atoms with van der Waals surface area (Å²) in [6.45, 7) is 8.59. The second kappa shape index (κ2) is 17.7. The highest BCUT2D eigenvalue weighted by atomic mass is 35.5. The minimum absolute atomic E-state index is 0.0991. The van der Waals surface area contributed by atoms with Crippen LogP contribution in [0, 0.1) is 17.8 Å². The standard InChI is InChI=1S/C46H58ClNO6Si/c1-5-15-31(26-32-23-24-35(50)28-40(32)47)22-25-41(51)42-33(27-38-43(39(42)29-49)45(53)48(44(38)52)34-16-9-6-10-17-34)30-54-55(46(2,3)4,36-18-11-7-12-19-36)37-20-13-8-14-21-37/h7-8,11-14,18-21,23-24,26,28,34,38-39,41,43,49-51H,5-6,9-10,15-17,22,25,27,29-30H2,1-4H3/b31-26+/t38-,39+,41-,43-/m1/s1. The Morgan fingerprint density at radius 2 is 1.58 bits per heavy atom. The molecule has 1 heterocycles. The molecule has 3 aliphatic rings. The van der Waals surface area contributed by atoms with Crippen LogP contribution in [0.2, 0.25) is 10.1 Å². The van der Waals surface area contributed by atoms with Gasteiger partial charge in [0.2, 0.25) is 11.8 Å². The van der Waals surface area contributed by atoms with E-state index in [0.717, 1.165) is 72.0 Å². The van der Waals surface area contributed by atoms with Crippen LogP contribution >= 0.6 is 11.6 Å². The Morgan fingerprint density at radius 1 is 0.945 bits per heavy atom. The van der Waals surface area contributed by atoms with E-state index in [1.165, 1.54) is 11.0 Å². The van der Waals surface area contributed by atoms with E-state index >= 15 is 0 Å². The van der Waals surface area contributed by atoms with Crippen LogP contribution in [0.5, 0.6) is 5.75 Å². The van der Waals surface area contributed by atoms with Gasteiger partial charge in [-0.1, -0.05) is 137 Å². The van der Waals surface area contributed by atoms with E-state index < -0.39 is 32.2 Å². The number of halogens is 1. The lowest BCUT2D eigenvalue weighted by Crippen LogP contribution is -2.66. The van der Waals surface area contributed by atoms with E-state index in [-0.39, 0.29) is 41.9 Å². The fourth-order valence-electron chi connectivity index (χ4n) is 9.69. The molecule has 1 aliphatic heterocycles. The predicted molar refractivity (Wildman–Crippen MR) is 223 cm³/mol.